The Kier molecular flexibility index (Phi) is 3.33. The van der Waals surface area contributed by atoms with E-state index in [1.165, 1.54) is 22.3 Å². The molecule has 2 aromatic heterocycles. The van der Waals surface area contributed by atoms with Crippen LogP contribution < -0.4 is 0 Å². The maximum atomic E-state index is 4.17. The molecule has 0 aliphatic carbocycles. The molecule has 0 bridgehead atoms. The molecule has 0 amide bonds. The zero-order chi connectivity index (χ0) is 13.9. The van der Waals surface area contributed by atoms with E-state index in [2.05, 4.69) is 59.1 Å². The van der Waals surface area contributed by atoms with Crippen LogP contribution in [0.1, 0.15) is 33.9 Å². The number of aryl methyl sites for hydroxylation is 2. The van der Waals surface area contributed by atoms with Crippen LogP contribution in [0.2, 0.25) is 0 Å². The Morgan fingerprint density at radius 3 is 2.20 bits per heavy atom. The number of imidazole rings is 1. The van der Waals surface area contributed by atoms with Gasteiger partial charge in [-0.2, -0.15) is 0 Å². The summed E-state index contributed by atoms with van der Waals surface area (Å²) in [6, 6.07) is 10.8. The fourth-order valence-electron chi connectivity index (χ4n) is 2.71. The number of aromatic nitrogens is 3. The zero-order valence-electron chi connectivity index (χ0n) is 11.7. The second-order valence-corrected chi connectivity index (χ2v) is 5.14. The minimum Gasteiger partial charge on any atom is -0.348 e. The summed E-state index contributed by atoms with van der Waals surface area (Å²) in [6.45, 7) is 4.26. The van der Waals surface area contributed by atoms with E-state index in [0.29, 0.717) is 0 Å². The summed E-state index contributed by atoms with van der Waals surface area (Å²) in [5, 5.41) is 0. The average molecular weight is 263 g/mol. The number of hydrogen-bond acceptors (Lipinski definition) is 2. The maximum absolute atomic E-state index is 4.17. The van der Waals surface area contributed by atoms with Crippen molar-refractivity contribution in [3.8, 4) is 0 Å². The van der Waals surface area contributed by atoms with Gasteiger partial charge in [0.05, 0.1) is 12.2 Å². The van der Waals surface area contributed by atoms with Gasteiger partial charge in [0.1, 0.15) is 0 Å². The average Bonchev–Trinajstić information content (AvgIpc) is 2.93. The van der Waals surface area contributed by atoms with Crippen LogP contribution in [0, 0.1) is 13.8 Å². The molecule has 0 aliphatic rings. The summed E-state index contributed by atoms with van der Waals surface area (Å²) in [5.74, 6) is 0.166. The van der Waals surface area contributed by atoms with Crippen molar-refractivity contribution in [2.75, 3.05) is 0 Å². The topological polar surface area (TPSA) is 41.6 Å². The Morgan fingerprint density at radius 1 is 0.900 bits per heavy atom. The number of aromatic amines is 1. The van der Waals surface area contributed by atoms with Crippen molar-refractivity contribution in [1.29, 1.82) is 0 Å². The van der Waals surface area contributed by atoms with Crippen LogP contribution in [0.3, 0.4) is 0 Å². The molecular formula is C17H17N3. The van der Waals surface area contributed by atoms with Gasteiger partial charge in [0.25, 0.3) is 0 Å². The van der Waals surface area contributed by atoms with Crippen LogP contribution in [0.5, 0.6) is 0 Å². The number of H-pyrrole nitrogens is 1. The first-order chi connectivity index (χ1) is 9.74. The third kappa shape index (κ3) is 2.48. The first-order valence-electron chi connectivity index (χ1n) is 6.70. The van der Waals surface area contributed by atoms with Crippen LogP contribution in [-0.4, -0.2) is 15.0 Å². The molecule has 1 N–H and O–H groups in total. The Labute approximate surface area is 118 Å². The Hall–Kier alpha value is -2.42. The van der Waals surface area contributed by atoms with Crippen molar-refractivity contribution in [2.45, 2.75) is 19.8 Å². The number of hydrogen-bond donors (Lipinski definition) is 1. The van der Waals surface area contributed by atoms with Crippen molar-refractivity contribution in [2.24, 2.45) is 0 Å². The molecule has 3 nitrogen and oxygen atoms in total. The van der Waals surface area contributed by atoms with Gasteiger partial charge in [-0.15, -0.1) is 0 Å². The van der Waals surface area contributed by atoms with Crippen molar-refractivity contribution in [1.82, 2.24) is 15.0 Å². The normalized spacial score (nSPS) is 12.3. The molecule has 0 fully saturated rings. The fraction of sp³-hybridized carbons (Fsp3) is 0.176. The van der Waals surface area contributed by atoms with Crippen LogP contribution in [0.4, 0.5) is 0 Å². The van der Waals surface area contributed by atoms with Crippen molar-refractivity contribution < 1.29 is 0 Å². The molecular weight excluding hydrogens is 246 g/mol. The lowest BCUT2D eigenvalue weighted by Gasteiger charge is -2.17. The summed E-state index contributed by atoms with van der Waals surface area (Å²) >= 11 is 0. The summed E-state index contributed by atoms with van der Waals surface area (Å²) in [4.78, 5) is 11.5. The quantitative estimate of drug-likeness (QED) is 0.784. The Morgan fingerprint density at radius 2 is 1.60 bits per heavy atom. The molecule has 2 heterocycles. The highest BCUT2D eigenvalue weighted by Crippen LogP contribution is 2.31. The Balaban J connectivity index is 2.15. The molecule has 0 radical (unpaired) electrons. The molecule has 100 valence electrons. The summed E-state index contributed by atoms with van der Waals surface area (Å²) in [6.07, 6.45) is 7.29. The fourth-order valence-corrected chi connectivity index (χ4v) is 2.71. The van der Waals surface area contributed by atoms with Crippen molar-refractivity contribution in [3.05, 3.63) is 83.2 Å². The van der Waals surface area contributed by atoms with Gasteiger partial charge in [0, 0.05) is 24.3 Å². The molecule has 3 aromatic rings. The molecule has 0 aliphatic heterocycles. The lowest BCUT2D eigenvalue weighted by Crippen LogP contribution is -2.04. The molecule has 1 unspecified atom stereocenters. The first-order valence-corrected chi connectivity index (χ1v) is 6.70. The van der Waals surface area contributed by atoms with E-state index in [1.54, 1.807) is 6.33 Å². The maximum Gasteiger partial charge on any atom is 0.0922 e. The van der Waals surface area contributed by atoms with Gasteiger partial charge in [0.2, 0.25) is 0 Å². The number of rotatable bonds is 3. The zero-order valence-corrected chi connectivity index (χ0v) is 11.7. The molecule has 3 rings (SSSR count). The summed E-state index contributed by atoms with van der Waals surface area (Å²) in [5.41, 5.74) is 6.14. The van der Waals surface area contributed by atoms with Gasteiger partial charge >= 0.3 is 0 Å². The molecule has 1 aromatic carbocycles. The summed E-state index contributed by atoms with van der Waals surface area (Å²) in [7, 11) is 0. The van der Waals surface area contributed by atoms with Gasteiger partial charge in [0.15, 0.2) is 0 Å². The van der Waals surface area contributed by atoms with Gasteiger partial charge < -0.3 is 4.98 Å². The SMILES string of the molecule is Cc1cc(C)cc(C(c2ccncc2)c2cnc[nH]2)c1. The van der Waals surface area contributed by atoms with E-state index >= 15 is 0 Å². The molecule has 0 saturated carbocycles. The standard InChI is InChI=1S/C17H17N3/c1-12-7-13(2)9-15(8-12)17(16-10-19-11-20-16)14-3-5-18-6-4-14/h3-11,17H,1-2H3,(H,19,20). The van der Waals surface area contributed by atoms with Crippen LogP contribution in [0.25, 0.3) is 0 Å². The monoisotopic (exact) mass is 263 g/mol. The van der Waals surface area contributed by atoms with E-state index < -0.39 is 0 Å². The van der Waals surface area contributed by atoms with Gasteiger partial charge in [-0.25, -0.2) is 4.98 Å². The Bertz CT molecular complexity index is 667. The van der Waals surface area contributed by atoms with Gasteiger partial charge in [-0.3, -0.25) is 4.98 Å². The molecule has 3 heteroatoms. The highest BCUT2D eigenvalue weighted by Gasteiger charge is 2.18. The second-order valence-electron chi connectivity index (χ2n) is 5.14. The third-order valence-corrected chi connectivity index (χ3v) is 3.45. The number of benzene rings is 1. The van der Waals surface area contributed by atoms with E-state index in [4.69, 9.17) is 0 Å². The highest BCUT2D eigenvalue weighted by molar-refractivity contribution is 5.42. The highest BCUT2D eigenvalue weighted by atomic mass is 14.9. The minimum absolute atomic E-state index is 0.166. The number of pyridine rings is 1. The first kappa shape index (κ1) is 12.6. The minimum atomic E-state index is 0.166. The predicted octanol–water partition coefficient (Wildman–Crippen LogP) is 3.60. The van der Waals surface area contributed by atoms with Crippen LogP contribution in [-0.2, 0) is 0 Å². The van der Waals surface area contributed by atoms with E-state index in [0.717, 1.165) is 5.69 Å². The van der Waals surface area contributed by atoms with E-state index in [1.807, 2.05) is 18.6 Å². The van der Waals surface area contributed by atoms with Crippen molar-refractivity contribution in [3.63, 3.8) is 0 Å². The smallest absolute Gasteiger partial charge is 0.0922 e. The van der Waals surface area contributed by atoms with E-state index in [9.17, 15) is 0 Å². The molecule has 20 heavy (non-hydrogen) atoms. The largest absolute Gasteiger partial charge is 0.348 e. The lowest BCUT2D eigenvalue weighted by molar-refractivity contribution is 0.924. The van der Waals surface area contributed by atoms with Crippen LogP contribution in [0.15, 0.2) is 55.2 Å². The third-order valence-electron chi connectivity index (χ3n) is 3.45. The predicted molar refractivity (Wildman–Crippen MR) is 79.7 cm³/mol. The van der Waals surface area contributed by atoms with E-state index in [-0.39, 0.29) is 5.92 Å². The molecule has 0 spiro atoms. The molecule has 0 saturated heterocycles. The second kappa shape index (κ2) is 5.29. The van der Waals surface area contributed by atoms with Gasteiger partial charge in [-0.05, 0) is 37.1 Å². The van der Waals surface area contributed by atoms with Crippen molar-refractivity contribution >= 4 is 0 Å². The number of nitrogens with zero attached hydrogens (tertiary/aromatic N) is 2. The van der Waals surface area contributed by atoms with Gasteiger partial charge in [-0.1, -0.05) is 29.3 Å². The summed E-state index contributed by atoms with van der Waals surface area (Å²) < 4.78 is 0. The lowest BCUT2D eigenvalue weighted by atomic mass is 9.88. The number of nitrogens with one attached hydrogen (secondary N) is 1. The van der Waals surface area contributed by atoms with Crippen LogP contribution >= 0.6 is 0 Å². The molecule has 1 atom stereocenters.